The highest BCUT2D eigenvalue weighted by Crippen LogP contribution is 2.20. The fourth-order valence-corrected chi connectivity index (χ4v) is 2.85. The fourth-order valence-electron chi connectivity index (χ4n) is 2.37. The molecule has 0 saturated heterocycles. The van der Waals surface area contributed by atoms with E-state index >= 15 is 0 Å². The minimum atomic E-state index is 0. The molecule has 0 saturated carbocycles. The van der Waals surface area contributed by atoms with Crippen molar-refractivity contribution in [1.29, 1.82) is 0 Å². The zero-order valence-corrected chi connectivity index (χ0v) is 14.7. The quantitative estimate of drug-likeness (QED) is 0.601. The van der Waals surface area contributed by atoms with Crippen LogP contribution in [0.25, 0.3) is 10.8 Å². The van der Waals surface area contributed by atoms with Crippen LogP contribution in [0.5, 0.6) is 0 Å². The molecule has 0 fully saturated rings. The number of halogens is 3. The highest BCUT2D eigenvalue weighted by Gasteiger charge is 2.19. The molecule has 0 spiro atoms. The largest absolute Gasteiger partial charge is 1.00 e. The van der Waals surface area contributed by atoms with Crippen LogP contribution < -0.4 is 21.5 Å². The highest BCUT2D eigenvalue weighted by molar-refractivity contribution is 6.39. The number of aryl methyl sites for hydroxylation is 1. The van der Waals surface area contributed by atoms with Crippen molar-refractivity contribution in [1.82, 2.24) is 4.57 Å². The maximum Gasteiger partial charge on any atom is 0.255 e. The molecule has 2 nitrogen and oxygen atoms in total. The lowest BCUT2D eigenvalue weighted by atomic mass is 10.1. The maximum atomic E-state index is 6.27. The summed E-state index contributed by atoms with van der Waals surface area (Å²) < 4.78 is 3.91. The molecule has 0 bridgehead atoms. The number of rotatable bonds is 3. The van der Waals surface area contributed by atoms with Crippen LogP contribution in [0.1, 0.15) is 12.5 Å². The number of benzene rings is 2. The molecule has 0 aliphatic carbocycles. The summed E-state index contributed by atoms with van der Waals surface area (Å²) in [5.74, 6) is 0. The van der Waals surface area contributed by atoms with Crippen LogP contribution in [0, 0.1) is 0 Å². The SMILES string of the molecule is CCn1c[n+](Cc2ccc3ccccc3c2)c(Cl)c1Cl.[Br-]. The predicted molar refractivity (Wildman–Crippen MR) is 83.4 cm³/mol. The van der Waals surface area contributed by atoms with Crippen LogP contribution in [-0.2, 0) is 13.1 Å². The van der Waals surface area contributed by atoms with Gasteiger partial charge in [-0.2, -0.15) is 0 Å². The first-order valence-corrected chi connectivity index (χ1v) is 7.36. The Kier molecular flexibility index (Phi) is 5.31. The summed E-state index contributed by atoms with van der Waals surface area (Å²) >= 11 is 12.5. The molecule has 21 heavy (non-hydrogen) atoms. The summed E-state index contributed by atoms with van der Waals surface area (Å²) in [4.78, 5) is 0. The number of hydrogen-bond acceptors (Lipinski definition) is 0. The van der Waals surface area contributed by atoms with Crippen molar-refractivity contribution < 1.29 is 21.5 Å². The lowest BCUT2D eigenvalue weighted by Crippen LogP contribution is -3.00. The van der Waals surface area contributed by atoms with E-state index in [1.807, 2.05) is 22.4 Å². The number of fused-ring (bicyclic) bond motifs is 1. The summed E-state index contributed by atoms with van der Waals surface area (Å²) in [7, 11) is 0. The average Bonchev–Trinajstić information content (AvgIpc) is 2.75. The number of hydrogen-bond donors (Lipinski definition) is 0. The molecule has 0 atom stereocenters. The lowest BCUT2D eigenvalue weighted by Gasteiger charge is -2.02. The summed E-state index contributed by atoms with van der Waals surface area (Å²) in [6, 6.07) is 14.8. The molecule has 5 heteroatoms. The first-order valence-electron chi connectivity index (χ1n) is 6.60. The second-order valence-corrected chi connectivity index (χ2v) is 5.51. The molecule has 1 heterocycles. The number of nitrogens with zero attached hydrogens (tertiary/aromatic N) is 2. The van der Waals surface area contributed by atoms with Crippen molar-refractivity contribution in [2.45, 2.75) is 20.0 Å². The Bertz CT molecular complexity index is 768. The van der Waals surface area contributed by atoms with E-state index in [4.69, 9.17) is 23.2 Å². The molecule has 1 aromatic heterocycles. The van der Waals surface area contributed by atoms with Gasteiger partial charge in [0.05, 0.1) is 6.54 Å². The molecule has 0 amide bonds. The highest BCUT2D eigenvalue weighted by atomic mass is 79.9. The normalized spacial score (nSPS) is 10.6. The lowest BCUT2D eigenvalue weighted by molar-refractivity contribution is -0.685. The third kappa shape index (κ3) is 3.25. The first-order chi connectivity index (χ1) is 9.69. The molecule has 0 radical (unpaired) electrons. The van der Waals surface area contributed by atoms with Gasteiger partial charge in [-0.15, -0.1) is 0 Å². The van der Waals surface area contributed by atoms with Gasteiger partial charge in [-0.3, -0.25) is 0 Å². The summed E-state index contributed by atoms with van der Waals surface area (Å²) in [5, 5.41) is 3.66. The molecule has 0 N–H and O–H groups in total. The second-order valence-electron chi connectivity index (χ2n) is 4.79. The van der Waals surface area contributed by atoms with Crippen LogP contribution in [0.2, 0.25) is 10.3 Å². The van der Waals surface area contributed by atoms with Gasteiger partial charge in [0.1, 0.15) is 6.54 Å². The van der Waals surface area contributed by atoms with Crippen LogP contribution >= 0.6 is 23.2 Å². The van der Waals surface area contributed by atoms with Gasteiger partial charge in [-0.25, -0.2) is 9.13 Å². The smallest absolute Gasteiger partial charge is 0.255 e. The first kappa shape index (κ1) is 16.3. The molecule has 3 aromatic rings. The Hall–Kier alpha value is -1.03. The van der Waals surface area contributed by atoms with Crippen LogP contribution in [-0.4, -0.2) is 4.57 Å². The molecular weight excluding hydrogens is 371 g/mol. The van der Waals surface area contributed by atoms with Gasteiger partial charge in [0.2, 0.25) is 6.33 Å². The minimum Gasteiger partial charge on any atom is -1.00 e. The van der Waals surface area contributed by atoms with Gasteiger partial charge in [0, 0.05) is 0 Å². The predicted octanol–water partition coefficient (Wildman–Crippen LogP) is 1.31. The molecule has 0 aliphatic heterocycles. The van der Waals surface area contributed by atoms with Crippen LogP contribution in [0.15, 0.2) is 48.8 Å². The van der Waals surface area contributed by atoms with Crippen molar-refractivity contribution in [3.8, 4) is 0 Å². The molecule has 3 rings (SSSR count). The van der Waals surface area contributed by atoms with Gasteiger partial charge in [-0.1, -0.05) is 36.4 Å². The van der Waals surface area contributed by atoms with Crippen molar-refractivity contribution >= 4 is 34.0 Å². The Labute approximate surface area is 144 Å². The van der Waals surface area contributed by atoms with E-state index < -0.39 is 0 Å². The molecule has 110 valence electrons. The Balaban J connectivity index is 0.00000161. The molecular formula is C16H15BrCl2N2. The molecule has 2 aromatic carbocycles. The topological polar surface area (TPSA) is 8.81 Å². The Morgan fingerprint density at radius 1 is 1.05 bits per heavy atom. The average molecular weight is 386 g/mol. The Morgan fingerprint density at radius 3 is 2.43 bits per heavy atom. The van der Waals surface area contributed by atoms with Crippen molar-refractivity contribution in [3.63, 3.8) is 0 Å². The van der Waals surface area contributed by atoms with E-state index in [1.54, 1.807) is 0 Å². The van der Waals surface area contributed by atoms with E-state index in [0.29, 0.717) is 10.3 Å². The molecule has 0 unspecified atom stereocenters. The Morgan fingerprint density at radius 2 is 1.76 bits per heavy atom. The van der Waals surface area contributed by atoms with Crippen LogP contribution in [0.3, 0.4) is 0 Å². The number of imidazole rings is 1. The van der Waals surface area contributed by atoms with Gasteiger partial charge in [0.25, 0.3) is 10.3 Å². The van der Waals surface area contributed by atoms with Crippen molar-refractivity contribution in [2.24, 2.45) is 0 Å². The van der Waals surface area contributed by atoms with E-state index in [9.17, 15) is 0 Å². The summed E-state index contributed by atoms with van der Waals surface area (Å²) in [6.07, 6.45) is 1.96. The zero-order valence-electron chi connectivity index (χ0n) is 11.6. The zero-order chi connectivity index (χ0) is 14.1. The van der Waals surface area contributed by atoms with Gasteiger partial charge in [-0.05, 0) is 52.5 Å². The van der Waals surface area contributed by atoms with Crippen molar-refractivity contribution in [3.05, 3.63) is 64.7 Å². The fraction of sp³-hybridized carbons (Fsp3) is 0.188. The third-order valence-electron chi connectivity index (χ3n) is 3.46. The third-order valence-corrected chi connectivity index (χ3v) is 4.35. The van der Waals surface area contributed by atoms with E-state index in [0.717, 1.165) is 13.1 Å². The van der Waals surface area contributed by atoms with Crippen LogP contribution in [0.4, 0.5) is 0 Å². The maximum absolute atomic E-state index is 6.27. The number of aromatic nitrogens is 2. The minimum absolute atomic E-state index is 0. The van der Waals surface area contributed by atoms with E-state index in [1.165, 1.54) is 16.3 Å². The van der Waals surface area contributed by atoms with E-state index in [2.05, 4.69) is 42.5 Å². The van der Waals surface area contributed by atoms with Gasteiger partial charge < -0.3 is 17.0 Å². The standard InChI is InChI=1S/C16H15Cl2N2.BrH/c1-2-19-11-20(16(18)15(19)17)10-12-7-8-13-5-3-4-6-14(13)9-12;/h3-9,11H,2,10H2,1H3;1H/q+1;/p-1. The van der Waals surface area contributed by atoms with Gasteiger partial charge >= 0.3 is 0 Å². The summed E-state index contributed by atoms with van der Waals surface area (Å²) in [5.41, 5.74) is 1.21. The van der Waals surface area contributed by atoms with Gasteiger partial charge in [0.15, 0.2) is 0 Å². The molecule has 0 aliphatic rings. The summed E-state index contributed by atoms with van der Waals surface area (Å²) in [6.45, 7) is 3.57. The second kappa shape index (κ2) is 6.82. The van der Waals surface area contributed by atoms with E-state index in [-0.39, 0.29) is 17.0 Å². The van der Waals surface area contributed by atoms with Crippen molar-refractivity contribution in [2.75, 3.05) is 0 Å². The monoisotopic (exact) mass is 384 g/mol.